The highest BCUT2D eigenvalue weighted by atomic mass is 16.3. The van der Waals surface area contributed by atoms with Gasteiger partial charge < -0.3 is 10.4 Å². The van der Waals surface area contributed by atoms with E-state index in [0.717, 1.165) is 46.3 Å². The third kappa shape index (κ3) is 3.50. The highest BCUT2D eigenvalue weighted by molar-refractivity contribution is 6.00. The molecule has 1 unspecified atom stereocenters. The minimum absolute atomic E-state index is 0.0183. The number of hydrogen-bond acceptors (Lipinski definition) is 4. The fourth-order valence-corrected chi connectivity index (χ4v) is 4.05. The minimum atomic E-state index is -0.175. The third-order valence-electron chi connectivity index (χ3n) is 5.62. The van der Waals surface area contributed by atoms with Crippen molar-refractivity contribution in [2.75, 3.05) is 0 Å². The Balaban J connectivity index is 1.32. The van der Waals surface area contributed by atoms with Crippen LogP contribution in [0.2, 0.25) is 0 Å². The van der Waals surface area contributed by atoms with Crippen molar-refractivity contribution in [2.24, 2.45) is 0 Å². The SMILES string of the molecule is O=C(NC1CCc2nc(-c3ccccc3)ncc2C1)c1cc(O)c2ccccc2c1. The number of carbonyl (C=O) groups excluding carboxylic acids is 1. The molecule has 1 atom stereocenters. The van der Waals surface area contributed by atoms with Gasteiger partial charge in [-0.1, -0.05) is 54.6 Å². The molecule has 0 aliphatic heterocycles. The first-order valence-corrected chi connectivity index (χ1v) is 10.1. The molecule has 1 aliphatic carbocycles. The monoisotopic (exact) mass is 395 g/mol. The zero-order chi connectivity index (χ0) is 20.5. The van der Waals surface area contributed by atoms with Gasteiger partial charge in [-0.05, 0) is 42.3 Å². The van der Waals surface area contributed by atoms with Crippen LogP contribution < -0.4 is 5.32 Å². The number of amides is 1. The number of hydrogen-bond donors (Lipinski definition) is 2. The van der Waals surface area contributed by atoms with Crippen LogP contribution in [-0.2, 0) is 12.8 Å². The molecule has 3 aromatic carbocycles. The molecule has 2 N–H and O–H groups in total. The Bertz CT molecular complexity index is 1240. The van der Waals surface area contributed by atoms with Crippen LogP contribution in [0.5, 0.6) is 5.75 Å². The average molecular weight is 395 g/mol. The molecule has 0 saturated heterocycles. The van der Waals surface area contributed by atoms with E-state index in [1.807, 2.05) is 66.9 Å². The van der Waals surface area contributed by atoms with E-state index < -0.39 is 0 Å². The lowest BCUT2D eigenvalue weighted by molar-refractivity contribution is 0.0933. The lowest BCUT2D eigenvalue weighted by atomic mass is 9.92. The number of aromatic hydroxyl groups is 1. The summed E-state index contributed by atoms with van der Waals surface area (Å²) in [6.45, 7) is 0. The number of carbonyl (C=O) groups is 1. The highest BCUT2D eigenvalue weighted by Gasteiger charge is 2.23. The Morgan fingerprint density at radius 2 is 1.83 bits per heavy atom. The summed E-state index contributed by atoms with van der Waals surface area (Å²) in [7, 11) is 0. The molecule has 1 aromatic heterocycles. The number of fused-ring (bicyclic) bond motifs is 2. The zero-order valence-corrected chi connectivity index (χ0v) is 16.4. The summed E-state index contributed by atoms with van der Waals surface area (Å²) in [5, 5.41) is 15.0. The van der Waals surface area contributed by atoms with Crippen molar-refractivity contribution in [3.63, 3.8) is 0 Å². The second-order valence-corrected chi connectivity index (χ2v) is 7.66. The molecule has 1 amide bonds. The van der Waals surface area contributed by atoms with Crippen LogP contribution in [0.25, 0.3) is 22.2 Å². The van der Waals surface area contributed by atoms with Gasteiger partial charge in [-0.2, -0.15) is 0 Å². The molecule has 0 radical (unpaired) electrons. The summed E-state index contributed by atoms with van der Waals surface area (Å²) < 4.78 is 0. The minimum Gasteiger partial charge on any atom is -0.507 e. The Hall–Kier alpha value is -3.73. The Labute approximate surface area is 174 Å². The Kier molecular flexibility index (Phi) is 4.64. The average Bonchev–Trinajstić information content (AvgIpc) is 2.79. The summed E-state index contributed by atoms with van der Waals surface area (Å²) in [5.41, 5.74) is 3.60. The molecular formula is C25H21N3O2. The first-order chi connectivity index (χ1) is 14.7. The van der Waals surface area contributed by atoms with Crippen molar-refractivity contribution in [1.29, 1.82) is 0 Å². The van der Waals surface area contributed by atoms with E-state index in [0.29, 0.717) is 12.0 Å². The van der Waals surface area contributed by atoms with Gasteiger partial charge in [0.25, 0.3) is 5.91 Å². The Morgan fingerprint density at radius 1 is 1.03 bits per heavy atom. The van der Waals surface area contributed by atoms with Crippen LogP contribution in [0.4, 0.5) is 0 Å². The van der Waals surface area contributed by atoms with E-state index >= 15 is 0 Å². The quantitative estimate of drug-likeness (QED) is 0.543. The molecule has 30 heavy (non-hydrogen) atoms. The van der Waals surface area contributed by atoms with Crippen LogP contribution in [0, 0.1) is 0 Å². The van der Waals surface area contributed by atoms with Crippen molar-refractivity contribution in [3.05, 3.63) is 89.7 Å². The van der Waals surface area contributed by atoms with Gasteiger partial charge in [0.15, 0.2) is 5.82 Å². The maximum atomic E-state index is 12.8. The molecule has 5 heteroatoms. The van der Waals surface area contributed by atoms with Crippen LogP contribution in [0.1, 0.15) is 28.0 Å². The smallest absolute Gasteiger partial charge is 0.251 e. The van der Waals surface area contributed by atoms with Crippen LogP contribution >= 0.6 is 0 Å². The number of phenols is 1. The van der Waals surface area contributed by atoms with Crippen LogP contribution in [0.15, 0.2) is 72.9 Å². The molecule has 0 spiro atoms. The molecule has 0 bridgehead atoms. The largest absolute Gasteiger partial charge is 0.507 e. The van der Waals surface area contributed by atoms with E-state index in [-0.39, 0.29) is 17.7 Å². The topological polar surface area (TPSA) is 75.1 Å². The van der Waals surface area contributed by atoms with Crippen molar-refractivity contribution in [1.82, 2.24) is 15.3 Å². The predicted octanol–water partition coefficient (Wildman–Crippen LogP) is 4.29. The van der Waals surface area contributed by atoms with Crippen molar-refractivity contribution in [2.45, 2.75) is 25.3 Å². The van der Waals surface area contributed by atoms with Crippen LogP contribution in [-0.4, -0.2) is 27.0 Å². The molecule has 1 aliphatic rings. The Morgan fingerprint density at radius 3 is 2.70 bits per heavy atom. The zero-order valence-electron chi connectivity index (χ0n) is 16.4. The number of aromatic nitrogens is 2. The lowest BCUT2D eigenvalue weighted by Crippen LogP contribution is -2.39. The van der Waals surface area contributed by atoms with Crippen molar-refractivity contribution >= 4 is 16.7 Å². The summed E-state index contributed by atoms with van der Waals surface area (Å²) in [4.78, 5) is 22.1. The fourth-order valence-electron chi connectivity index (χ4n) is 4.05. The molecule has 0 saturated carbocycles. The van der Waals surface area contributed by atoms with E-state index in [2.05, 4.69) is 10.3 Å². The number of nitrogens with zero attached hydrogens (tertiary/aromatic N) is 2. The molecule has 0 fully saturated rings. The number of rotatable bonds is 3. The maximum absolute atomic E-state index is 12.8. The standard InChI is InChI=1S/C25H21N3O2/c29-23-14-18(12-17-8-4-5-9-21(17)23)25(30)27-20-10-11-22-19(13-20)15-26-24(28-22)16-6-2-1-3-7-16/h1-9,12,14-15,20,29H,10-11,13H2,(H,27,30). The van der Waals surface area contributed by atoms with Gasteiger partial charge in [-0.15, -0.1) is 0 Å². The first kappa shape index (κ1) is 18.3. The third-order valence-corrected chi connectivity index (χ3v) is 5.62. The molecule has 148 valence electrons. The molecule has 1 heterocycles. The fraction of sp³-hybridized carbons (Fsp3) is 0.160. The van der Waals surface area contributed by atoms with E-state index in [1.54, 1.807) is 0 Å². The molecule has 5 rings (SSSR count). The number of aryl methyl sites for hydroxylation is 1. The summed E-state index contributed by atoms with van der Waals surface area (Å²) in [6.07, 6.45) is 4.20. The van der Waals surface area contributed by atoms with Gasteiger partial charge in [0.1, 0.15) is 5.75 Å². The lowest BCUT2D eigenvalue weighted by Gasteiger charge is -2.25. The molecule has 5 nitrogen and oxygen atoms in total. The second-order valence-electron chi connectivity index (χ2n) is 7.66. The van der Waals surface area contributed by atoms with Crippen molar-refractivity contribution in [3.8, 4) is 17.1 Å². The predicted molar refractivity (Wildman–Crippen MR) is 116 cm³/mol. The number of phenolic OH excluding ortho intramolecular Hbond substituents is 1. The van der Waals surface area contributed by atoms with E-state index in [4.69, 9.17) is 4.98 Å². The number of benzene rings is 3. The van der Waals surface area contributed by atoms with E-state index in [1.165, 1.54) is 6.07 Å². The van der Waals surface area contributed by atoms with E-state index in [9.17, 15) is 9.90 Å². The maximum Gasteiger partial charge on any atom is 0.251 e. The second kappa shape index (κ2) is 7.59. The summed E-state index contributed by atoms with van der Waals surface area (Å²) in [6, 6.07) is 20.8. The molecule has 4 aromatic rings. The van der Waals surface area contributed by atoms with Crippen LogP contribution in [0.3, 0.4) is 0 Å². The van der Waals surface area contributed by atoms with Gasteiger partial charge in [-0.25, -0.2) is 9.97 Å². The molecular weight excluding hydrogens is 374 g/mol. The normalized spacial score (nSPS) is 15.5. The van der Waals surface area contributed by atoms with Gasteiger partial charge in [0, 0.05) is 34.4 Å². The van der Waals surface area contributed by atoms with Crippen molar-refractivity contribution < 1.29 is 9.90 Å². The van der Waals surface area contributed by atoms with Gasteiger partial charge in [0.2, 0.25) is 0 Å². The summed E-state index contributed by atoms with van der Waals surface area (Å²) >= 11 is 0. The van der Waals surface area contributed by atoms with Gasteiger partial charge >= 0.3 is 0 Å². The first-order valence-electron chi connectivity index (χ1n) is 10.1. The van der Waals surface area contributed by atoms with Gasteiger partial charge in [-0.3, -0.25) is 4.79 Å². The summed E-state index contributed by atoms with van der Waals surface area (Å²) in [5.74, 6) is 0.684. The highest BCUT2D eigenvalue weighted by Crippen LogP contribution is 2.27. The van der Waals surface area contributed by atoms with Gasteiger partial charge in [0.05, 0.1) is 0 Å². The number of nitrogens with one attached hydrogen (secondary N) is 1.